The standard InChI is InChI=1S/C45H28F9N3O2S/c46-42(47,44(50,51)52)43(48,49)45(53,54)60(58,59)27-30-25-37-35(33-23-13-14-24-36(33)41(37,31-19-9-3-10-20-31)32-21-11-4-12-22-32)26-34(30)40-56-38(28-15-5-1-6-16-28)55-39(57-40)29-17-7-2-8-18-29/h1-26H,27H2. The second kappa shape index (κ2) is 14.4. The summed E-state index contributed by atoms with van der Waals surface area (Å²) in [4.78, 5) is 13.8. The Labute approximate surface area is 337 Å². The number of sulfone groups is 1. The molecule has 6 aromatic carbocycles. The van der Waals surface area contributed by atoms with E-state index in [0.717, 1.165) is 0 Å². The van der Waals surface area contributed by atoms with Gasteiger partial charge in [0.05, 0.1) is 11.2 Å². The maximum atomic E-state index is 15.6. The number of aromatic nitrogens is 3. The van der Waals surface area contributed by atoms with Crippen LogP contribution in [0.3, 0.4) is 0 Å². The summed E-state index contributed by atoms with van der Waals surface area (Å²) in [6, 6.07) is 44.0. The first-order valence-corrected chi connectivity index (χ1v) is 19.7. The summed E-state index contributed by atoms with van der Waals surface area (Å²) >= 11 is 0. The van der Waals surface area contributed by atoms with E-state index in [1.807, 2.05) is 6.07 Å². The third-order valence-electron chi connectivity index (χ3n) is 10.5. The molecule has 5 nitrogen and oxygen atoms in total. The number of rotatable bonds is 10. The molecule has 0 bridgehead atoms. The molecule has 0 amide bonds. The Balaban J connectivity index is 1.46. The molecule has 0 N–H and O–H groups in total. The first-order valence-electron chi connectivity index (χ1n) is 18.1. The molecular weight excluding hydrogens is 818 g/mol. The highest BCUT2D eigenvalue weighted by Crippen LogP contribution is 2.58. The quantitative estimate of drug-likeness (QED) is 0.128. The summed E-state index contributed by atoms with van der Waals surface area (Å²) in [6.45, 7) is 0. The van der Waals surface area contributed by atoms with E-state index in [0.29, 0.717) is 38.9 Å². The van der Waals surface area contributed by atoms with Crippen molar-refractivity contribution in [2.24, 2.45) is 0 Å². The molecule has 304 valence electrons. The van der Waals surface area contributed by atoms with Crippen LogP contribution in [0.15, 0.2) is 158 Å². The van der Waals surface area contributed by atoms with Gasteiger partial charge in [0.15, 0.2) is 17.5 Å². The van der Waals surface area contributed by atoms with Crippen molar-refractivity contribution < 1.29 is 47.9 Å². The largest absolute Gasteiger partial charge is 0.460 e. The lowest BCUT2D eigenvalue weighted by atomic mass is 9.67. The van der Waals surface area contributed by atoms with Crippen LogP contribution in [0.5, 0.6) is 0 Å². The smallest absolute Gasteiger partial charge is 0.222 e. The van der Waals surface area contributed by atoms with Crippen molar-refractivity contribution in [2.75, 3.05) is 0 Å². The van der Waals surface area contributed by atoms with E-state index in [-0.39, 0.29) is 28.6 Å². The molecule has 0 spiro atoms. The average molecular weight is 846 g/mol. The van der Waals surface area contributed by atoms with E-state index < -0.39 is 49.8 Å². The van der Waals surface area contributed by atoms with Crippen LogP contribution in [0.2, 0.25) is 0 Å². The number of alkyl halides is 9. The molecule has 1 aliphatic carbocycles. The zero-order valence-electron chi connectivity index (χ0n) is 30.7. The van der Waals surface area contributed by atoms with E-state index in [9.17, 15) is 39.2 Å². The molecule has 60 heavy (non-hydrogen) atoms. The number of nitrogens with zero attached hydrogens (tertiary/aromatic N) is 3. The fraction of sp³-hybridized carbons (Fsp3) is 0.133. The third-order valence-corrected chi connectivity index (χ3v) is 12.2. The molecule has 1 aliphatic rings. The van der Waals surface area contributed by atoms with Gasteiger partial charge in [-0.2, -0.15) is 39.5 Å². The van der Waals surface area contributed by atoms with Gasteiger partial charge in [-0.1, -0.05) is 152 Å². The van der Waals surface area contributed by atoms with Crippen molar-refractivity contribution in [3.05, 3.63) is 186 Å². The number of benzene rings is 6. The van der Waals surface area contributed by atoms with Gasteiger partial charge in [-0.25, -0.2) is 23.4 Å². The van der Waals surface area contributed by atoms with Gasteiger partial charge in [-0.3, -0.25) is 0 Å². The fourth-order valence-electron chi connectivity index (χ4n) is 7.64. The SMILES string of the molecule is O=S(=O)(Cc1cc2c(cc1-c1nc(-c3ccccc3)nc(-c3ccccc3)n1)-c1ccccc1C2(c1ccccc1)c1ccccc1)C(F)(F)C(F)(F)C(F)(F)C(F)(F)F. The molecule has 0 unspecified atom stereocenters. The molecule has 0 saturated carbocycles. The van der Waals surface area contributed by atoms with E-state index in [4.69, 9.17) is 0 Å². The van der Waals surface area contributed by atoms with Gasteiger partial charge >= 0.3 is 23.3 Å². The molecule has 0 fully saturated rings. The van der Waals surface area contributed by atoms with Crippen LogP contribution >= 0.6 is 0 Å². The molecule has 1 aromatic heterocycles. The van der Waals surface area contributed by atoms with Crippen molar-refractivity contribution >= 4 is 9.84 Å². The third kappa shape index (κ3) is 6.25. The molecule has 0 radical (unpaired) electrons. The normalized spacial score (nSPS) is 14.1. The minimum atomic E-state index is -7.45. The molecular formula is C45H28F9N3O2S. The fourth-order valence-corrected chi connectivity index (χ4v) is 8.99. The van der Waals surface area contributed by atoms with Crippen LogP contribution in [0.25, 0.3) is 45.3 Å². The first-order chi connectivity index (χ1) is 28.4. The second-order valence-electron chi connectivity index (χ2n) is 14.0. The molecule has 15 heteroatoms. The zero-order valence-corrected chi connectivity index (χ0v) is 31.5. The summed E-state index contributed by atoms with van der Waals surface area (Å²) in [5.74, 6) is -17.3. The number of hydrogen-bond donors (Lipinski definition) is 0. The summed E-state index contributed by atoms with van der Waals surface area (Å²) in [7, 11) is -6.95. The molecule has 7 aromatic rings. The van der Waals surface area contributed by atoms with E-state index in [1.54, 1.807) is 140 Å². The van der Waals surface area contributed by atoms with Crippen molar-refractivity contribution in [1.82, 2.24) is 15.0 Å². The van der Waals surface area contributed by atoms with Gasteiger partial charge in [0.1, 0.15) is 0 Å². The Morgan fingerprint density at radius 2 is 0.883 bits per heavy atom. The summed E-state index contributed by atoms with van der Waals surface area (Å²) in [5.41, 5.74) is 1.70. The molecule has 0 aliphatic heterocycles. The predicted octanol–water partition coefficient (Wildman–Crippen LogP) is 11.6. The van der Waals surface area contributed by atoms with Gasteiger partial charge in [0.2, 0.25) is 9.84 Å². The molecule has 1 heterocycles. The monoisotopic (exact) mass is 845 g/mol. The Hall–Kier alpha value is -6.35. The van der Waals surface area contributed by atoms with E-state index >= 15 is 8.78 Å². The lowest BCUT2D eigenvalue weighted by molar-refractivity contribution is -0.382. The molecule has 0 saturated heterocycles. The van der Waals surface area contributed by atoms with Crippen molar-refractivity contribution in [2.45, 2.75) is 34.4 Å². The van der Waals surface area contributed by atoms with E-state index in [2.05, 4.69) is 15.0 Å². The first kappa shape index (κ1) is 40.4. The summed E-state index contributed by atoms with van der Waals surface area (Å²) in [6.07, 6.45) is -7.24. The van der Waals surface area contributed by atoms with Crippen LogP contribution in [0.4, 0.5) is 39.5 Å². The Bertz CT molecular complexity index is 2730. The number of halogens is 9. The van der Waals surface area contributed by atoms with E-state index in [1.165, 1.54) is 12.1 Å². The van der Waals surface area contributed by atoms with Crippen molar-refractivity contribution in [3.63, 3.8) is 0 Å². The van der Waals surface area contributed by atoms with Gasteiger partial charge in [-0.05, 0) is 45.0 Å². The van der Waals surface area contributed by atoms with Gasteiger partial charge in [0.25, 0.3) is 0 Å². The van der Waals surface area contributed by atoms with Crippen molar-refractivity contribution in [3.8, 4) is 45.3 Å². The molecule has 0 atom stereocenters. The van der Waals surface area contributed by atoms with Crippen LogP contribution < -0.4 is 0 Å². The van der Waals surface area contributed by atoms with Gasteiger partial charge in [0, 0.05) is 16.7 Å². The van der Waals surface area contributed by atoms with Crippen LogP contribution in [-0.2, 0) is 21.0 Å². The Morgan fingerprint density at radius 1 is 0.450 bits per heavy atom. The summed E-state index contributed by atoms with van der Waals surface area (Å²) < 4.78 is 156. The minimum absolute atomic E-state index is 0.0266. The predicted molar refractivity (Wildman–Crippen MR) is 207 cm³/mol. The lowest BCUT2D eigenvalue weighted by Gasteiger charge is -2.34. The van der Waals surface area contributed by atoms with Gasteiger partial charge < -0.3 is 0 Å². The van der Waals surface area contributed by atoms with Crippen LogP contribution in [0, 0.1) is 0 Å². The highest BCUT2D eigenvalue weighted by atomic mass is 32.2. The highest BCUT2D eigenvalue weighted by molar-refractivity contribution is 7.91. The van der Waals surface area contributed by atoms with Crippen LogP contribution in [-0.4, -0.2) is 46.6 Å². The second-order valence-corrected chi connectivity index (χ2v) is 16.1. The average Bonchev–Trinajstić information content (AvgIpc) is 3.53. The summed E-state index contributed by atoms with van der Waals surface area (Å²) in [5, 5.41) is -6.95. The topological polar surface area (TPSA) is 72.8 Å². The lowest BCUT2D eigenvalue weighted by Crippen LogP contribution is -2.63. The minimum Gasteiger partial charge on any atom is -0.222 e. The molecule has 8 rings (SSSR count). The maximum Gasteiger partial charge on any atom is 0.460 e. The number of fused-ring (bicyclic) bond motifs is 3. The Kier molecular flexibility index (Phi) is 9.73. The highest BCUT2D eigenvalue weighted by Gasteiger charge is 2.85. The van der Waals surface area contributed by atoms with Crippen LogP contribution in [0.1, 0.15) is 27.8 Å². The maximum absolute atomic E-state index is 15.6. The zero-order chi connectivity index (χ0) is 42.7. The van der Waals surface area contributed by atoms with Gasteiger partial charge in [-0.15, -0.1) is 0 Å². The Morgan fingerprint density at radius 3 is 1.37 bits per heavy atom. The van der Waals surface area contributed by atoms with Crippen molar-refractivity contribution in [1.29, 1.82) is 0 Å². The number of hydrogen-bond acceptors (Lipinski definition) is 5.